The van der Waals surface area contributed by atoms with Gasteiger partial charge in [-0.3, -0.25) is 9.59 Å². The van der Waals surface area contributed by atoms with Crippen LogP contribution in [0.2, 0.25) is 0 Å². The lowest BCUT2D eigenvalue weighted by Crippen LogP contribution is -2.32. The summed E-state index contributed by atoms with van der Waals surface area (Å²) in [5.74, 6) is 2.83. The van der Waals surface area contributed by atoms with Crippen LogP contribution in [-0.2, 0) is 11.3 Å². The Morgan fingerprint density at radius 2 is 1.83 bits per heavy atom. The Morgan fingerprint density at radius 1 is 1.10 bits per heavy atom. The molecule has 2 aromatic carbocycles. The predicted molar refractivity (Wildman–Crippen MR) is 119 cm³/mol. The van der Waals surface area contributed by atoms with Crippen LogP contribution in [0.25, 0.3) is 0 Å². The standard InChI is InChI=1S/C23H27N3O2S/c1-16-13-21(16)23(28)25-19-4-2-3-18(14-19)22(27)24-15-17-5-7-20(8-6-17)26-9-11-29-12-10-26/h2-8,14,16,21H,9-13,15H2,1H3,(H,24,27)(H,25,28). The number of benzene rings is 2. The summed E-state index contributed by atoms with van der Waals surface area (Å²) in [4.78, 5) is 27.0. The lowest BCUT2D eigenvalue weighted by molar-refractivity contribution is -0.117. The molecule has 1 saturated carbocycles. The van der Waals surface area contributed by atoms with E-state index in [1.54, 1.807) is 18.2 Å². The van der Waals surface area contributed by atoms with E-state index >= 15 is 0 Å². The Morgan fingerprint density at radius 3 is 2.52 bits per heavy atom. The molecule has 0 aromatic heterocycles. The summed E-state index contributed by atoms with van der Waals surface area (Å²) in [6.07, 6.45) is 0.946. The SMILES string of the molecule is CC1CC1C(=O)Nc1cccc(C(=O)NCc2ccc(N3CCSCC3)cc2)c1. The van der Waals surface area contributed by atoms with Crippen LogP contribution in [0.3, 0.4) is 0 Å². The zero-order valence-electron chi connectivity index (χ0n) is 16.7. The van der Waals surface area contributed by atoms with Crippen LogP contribution in [-0.4, -0.2) is 36.4 Å². The van der Waals surface area contributed by atoms with Crippen molar-refractivity contribution in [3.05, 3.63) is 59.7 Å². The fourth-order valence-electron chi connectivity index (χ4n) is 3.59. The van der Waals surface area contributed by atoms with Gasteiger partial charge in [-0.15, -0.1) is 0 Å². The predicted octanol–water partition coefficient (Wildman–Crippen LogP) is 3.76. The summed E-state index contributed by atoms with van der Waals surface area (Å²) < 4.78 is 0. The third-order valence-corrected chi connectivity index (χ3v) is 6.55. The van der Waals surface area contributed by atoms with E-state index in [1.807, 2.05) is 17.8 Å². The third-order valence-electron chi connectivity index (χ3n) is 5.60. The van der Waals surface area contributed by atoms with E-state index in [4.69, 9.17) is 0 Å². The van der Waals surface area contributed by atoms with Gasteiger partial charge in [0.05, 0.1) is 0 Å². The number of nitrogens with zero attached hydrogens (tertiary/aromatic N) is 1. The highest BCUT2D eigenvalue weighted by Gasteiger charge is 2.39. The van der Waals surface area contributed by atoms with Gasteiger partial charge in [-0.05, 0) is 48.2 Å². The molecule has 1 aliphatic carbocycles. The van der Waals surface area contributed by atoms with Gasteiger partial charge in [-0.1, -0.05) is 25.1 Å². The molecule has 2 unspecified atom stereocenters. The average Bonchev–Trinajstić information content (AvgIpc) is 3.50. The van der Waals surface area contributed by atoms with Crippen molar-refractivity contribution in [3.8, 4) is 0 Å². The van der Waals surface area contributed by atoms with Crippen molar-refractivity contribution in [3.63, 3.8) is 0 Å². The number of nitrogens with one attached hydrogen (secondary N) is 2. The molecule has 0 radical (unpaired) electrons. The number of carbonyl (C=O) groups is 2. The molecule has 1 aliphatic heterocycles. The molecule has 6 heteroatoms. The Bertz CT molecular complexity index is 878. The van der Waals surface area contributed by atoms with Gasteiger partial charge in [0.15, 0.2) is 0 Å². The van der Waals surface area contributed by atoms with Crippen molar-refractivity contribution < 1.29 is 9.59 Å². The molecule has 2 fully saturated rings. The highest BCUT2D eigenvalue weighted by atomic mass is 32.2. The molecule has 2 aromatic rings. The van der Waals surface area contributed by atoms with E-state index < -0.39 is 0 Å². The average molecular weight is 410 g/mol. The molecular weight excluding hydrogens is 382 g/mol. The fraction of sp³-hybridized carbons (Fsp3) is 0.391. The second-order valence-electron chi connectivity index (χ2n) is 7.84. The van der Waals surface area contributed by atoms with Crippen LogP contribution >= 0.6 is 11.8 Å². The number of carbonyl (C=O) groups excluding carboxylic acids is 2. The number of hydrogen-bond acceptors (Lipinski definition) is 4. The molecular formula is C23H27N3O2S. The first-order valence-corrected chi connectivity index (χ1v) is 11.4. The van der Waals surface area contributed by atoms with Crippen molar-refractivity contribution in [1.82, 2.24) is 5.32 Å². The second kappa shape index (κ2) is 8.91. The van der Waals surface area contributed by atoms with E-state index in [-0.39, 0.29) is 17.7 Å². The molecule has 2 amide bonds. The van der Waals surface area contributed by atoms with E-state index in [2.05, 4.69) is 46.7 Å². The van der Waals surface area contributed by atoms with Crippen LogP contribution in [0.4, 0.5) is 11.4 Å². The normalized spacial score (nSPS) is 20.8. The molecule has 152 valence electrons. The monoisotopic (exact) mass is 409 g/mol. The summed E-state index contributed by atoms with van der Waals surface area (Å²) in [6, 6.07) is 15.5. The van der Waals surface area contributed by atoms with E-state index in [1.165, 1.54) is 17.2 Å². The largest absolute Gasteiger partial charge is 0.370 e. The summed E-state index contributed by atoms with van der Waals surface area (Å²) in [7, 11) is 0. The maximum atomic E-state index is 12.5. The molecule has 2 N–H and O–H groups in total. The zero-order chi connectivity index (χ0) is 20.2. The van der Waals surface area contributed by atoms with Crippen LogP contribution in [0.15, 0.2) is 48.5 Å². The topological polar surface area (TPSA) is 61.4 Å². The van der Waals surface area contributed by atoms with Crippen molar-refractivity contribution in [2.24, 2.45) is 11.8 Å². The van der Waals surface area contributed by atoms with Crippen molar-refractivity contribution in [1.29, 1.82) is 0 Å². The van der Waals surface area contributed by atoms with Gasteiger partial charge in [-0.25, -0.2) is 0 Å². The van der Waals surface area contributed by atoms with Gasteiger partial charge >= 0.3 is 0 Å². The number of thioether (sulfide) groups is 1. The molecule has 1 saturated heterocycles. The van der Waals surface area contributed by atoms with E-state index in [0.717, 1.165) is 25.1 Å². The molecule has 5 nitrogen and oxygen atoms in total. The third kappa shape index (κ3) is 5.12. The first-order valence-electron chi connectivity index (χ1n) is 10.2. The van der Waals surface area contributed by atoms with Gasteiger partial charge in [0.25, 0.3) is 5.91 Å². The lowest BCUT2D eigenvalue weighted by Gasteiger charge is -2.28. The van der Waals surface area contributed by atoms with Crippen LogP contribution in [0, 0.1) is 11.8 Å². The Kier molecular flexibility index (Phi) is 6.09. The lowest BCUT2D eigenvalue weighted by atomic mass is 10.1. The van der Waals surface area contributed by atoms with Crippen LogP contribution in [0.5, 0.6) is 0 Å². The summed E-state index contributed by atoms with van der Waals surface area (Å²) in [5.41, 5.74) is 3.54. The molecule has 0 spiro atoms. The number of rotatable bonds is 6. The van der Waals surface area contributed by atoms with Gasteiger partial charge in [0.2, 0.25) is 5.91 Å². The van der Waals surface area contributed by atoms with Crippen molar-refractivity contribution in [2.75, 3.05) is 34.8 Å². The van der Waals surface area contributed by atoms with Crippen molar-refractivity contribution in [2.45, 2.75) is 19.9 Å². The van der Waals surface area contributed by atoms with Crippen LogP contribution < -0.4 is 15.5 Å². The Labute approximate surface area is 176 Å². The Balaban J connectivity index is 1.31. The number of anilines is 2. The quantitative estimate of drug-likeness (QED) is 0.763. The number of amides is 2. The fourth-order valence-corrected chi connectivity index (χ4v) is 4.49. The zero-order valence-corrected chi connectivity index (χ0v) is 17.5. The van der Waals surface area contributed by atoms with E-state index in [0.29, 0.717) is 23.7 Å². The van der Waals surface area contributed by atoms with Gasteiger partial charge < -0.3 is 15.5 Å². The second-order valence-corrected chi connectivity index (χ2v) is 9.06. The van der Waals surface area contributed by atoms with Gasteiger partial charge in [0.1, 0.15) is 0 Å². The van der Waals surface area contributed by atoms with Gasteiger partial charge in [0, 0.05) is 54.0 Å². The molecule has 29 heavy (non-hydrogen) atoms. The minimum atomic E-state index is -0.141. The highest BCUT2D eigenvalue weighted by molar-refractivity contribution is 7.99. The van der Waals surface area contributed by atoms with Crippen molar-refractivity contribution >= 4 is 35.0 Å². The first kappa shape index (κ1) is 19.8. The molecule has 1 heterocycles. The smallest absolute Gasteiger partial charge is 0.251 e. The van der Waals surface area contributed by atoms with Crippen LogP contribution in [0.1, 0.15) is 29.3 Å². The maximum Gasteiger partial charge on any atom is 0.251 e. The minimum absolute atomic E-state index is 0.0439. The Hall–Kier alpha value is -2.47. The summed E-state index contributed by atoms with van der Waals surface area (Å²) in [6.45, 7) is 4.73. The summed E-state index contributed by atoms with van der Waals surface area (Å²) >= 11 is 2.00. The number of hydrogen-bond donors (Lipinski definition) is 2. The molecule has 2 aliphatic rings. The molecule has 2 atom stereocenters. The molecule has 0 bridgehead atoms. The highest BCUT2D eigenvalue weighted by Crippen LogP contribution is 2.38. The maximum absolute atomic E-state index is 12.5. The van der Waals surface area contributed by atoms with Gasteiger partial charge in [-0.2, -0.15) is 11.8 Å². The summed E-state index contributed by atoms with van der Waals surface area (Å²) in [5, 5.41) is 5.88. The van der Waals surface area contributed by atoms with E-state index in [9.17, 15) is 9.59 Å². The minimum Gasteiger partial charge on any atom is -0.370 e. The first-order chi connectivity index (χ1) is 14.1. The molecule has 4 rings (SSSR count).